The van der Waals surface area contributed by atoms with E-state index in [0.29, 0.717) is 0 Å². The third kappa shape index (κ3) is 4.57. The van der Waals surface area contributed by atoms with Gasteiger partial charge in [-0.1, -0.05) is 19.9 Å². The van der Waals surface area contributed by atoms with Crippen molar-refractivity contribution in [2.45, 2.75) is 52.1 Å². The van der Waals surface area contributed by atoms with Gasteiger partial charge in [0.1, 0.15) is 0 Å². The lowest BCUT2D eigenvalue weighted by atomic mass is 9.91. The highest BCUT2D eigenvalue weighted by Gasteiger charge is 2.20. The summed E-state index contributed by atoms with van der Waals surface area (Å²) in [5.74, 6) is 0. The number of halogens is 1. The van der Waals surface area contributed by atoms with E-state index in [4.69, 9.17) is 0 Å². The zero-order valence-electron chi connectivity index (χ0n) is 10.8. The summed E-state index contributed by atoms with van der Waals surface area (Å²) < 4.78 is 1.17. The summed E-state index contributed by atoms with van der Waals surface area (Å²) in [6, 6.07) is 2.14. The summed E-state index contributed by atoms with van der Waals surface area (Å²) in [6.45, 7) is 6.23. The number of aliphatic hydroxyl groups is 1. The van der Waals surface area contributed by atoms with Crippen molar-refractivity contribution in [3.8, 4) is 0 Å². The molecule has 17 heavy (non-hydrogen) atoms. The SMILES string of the molecule is CCC(O)(CC)CC/C=C(/C)c1csc(Br)c1. The second kappa shape index (κ2) is 6.72. The largest absolute Gasteiger partial charge is 0.390 e. The molecule has 0 aliphatic heterocycles. The van der Waals surface area contributed by atoms with Crippen LogP contribution in [0.3, 0.4) is 0 Å². The van der Waals surface area contributed by atoms with E-state index in [1.165, 1.54) is 14.9 Å². The predicted molar refractivity (Wildman–Crippen MR) is 80.4 cm³/mol. The monoisotopic (exact) mass is 316 g/mol. The smallest absolute Gasteiger partial charge is 0.0704 e. The molecule has 1 N–H and O–H groups in total. The summed E-state index contributed by atoms with van der Waals surface area (Å²) in [4.78, 5) is 0. The first-order chi connectivity index (χ1) is 8.00. The summed E-state index contributed by atoms with van der Waals surface area (Å²) >= 11 is 5.18. The molecule has 1 heterocycles. The van der Waals surface area contributed by atoms with Gasteiger partial charge >= 0.3 is 0 Å². The summed E-state index contributed by atoms with van der Waals surface area (Å²) in [7, 11) is 0. The molecular weight excluding hydrogens is 296 g/mol. The molecule has 0 atom stereocenters. The Labute approximate surface area is 117 Å². The fourth-order valence-corrected chi connectivity index (χ4v) is 3.01. The van der Waals surface area contributed by atoms with Gasteiger partial charge in [0.05, 0.1) is 9.39 Å². The molecule has 0 amide bonds. The molecule has 0 radical (unpaired) electrons. The Morgan fingerprint density at radius 2 is 2.12 bits per heavy atom. The maximum atomic E-state index is 10.2. The minimum absolute atomic E-state index is 0.480. The molecule has 0 aliphatic rings. The summed E-state index contributed by atoms with van der Waals surface area (Å²) in [6.07, 6.45) is 5.69. The van der Waals surface area contributed by atoms with E-state index in [1.54, 1.807) is 11.3 Å². The number of hydrogen-bond donors (Lipinski definition) is 1. The van der Waals surface area contributed by atoms with Crippen LogP contribution in [-0.2, 0) is 0 Å². The highest BCUT2D eigenvalue weighted by molar-refractivity contribution is 9.11. The molecule has 3 heteroatoms. The van der Waals surface area contributed by atoms with E-state index in [9.17, 15) is 5.11 Å². The molecule has 0 bridgehead atoms. The molecule has 0 aliphatic carbocycles. The quantitative estimate of drug-likeness (QED) is 0.760. The van der Waals surface area contributed by atoms with Gasteiger partial charge in [0.15, 0.2) is 0 Å². The van der Waals surface area contributed by atoms with Crippen LogP contribution >= 0.6 is 27.3 Å². The van der Waals surface area contributed by atoms with Crippen LogP contribution in [0.5, 0.6) is 0 Å². The Kier molecular flexibility index (Phi) is 5.90. The van der Waals surface area contributed by atoms with E-state index in [1.807, 2.05) is 0 Å². The third-order valence-corrected chi connectivity index (χ3v) is 4.90. The predicted octanol–water partition coefficient (Wildman–Crippen LogP) is 5.25. The Hall–Kier alpha value is -0.120. The van der Waals surface area contributed by atoms with E-state index in [2.05, 4.69) is 54.2 Å². The number of allylic oxidation sites excluding steroid dienone is 2. The van der Waals surface area contributed by atoms with Crippen LogP contribution in [0.4, 0.5) is 0 Å². The molecule has 96 valence electrons. The Balaban J connectivity index is 2.54. The molecule has 0 aromatic carbocycles. The van der Waals surface area contributed by atoms with Gasteiger partial charge in [-0.2, -0.15) is 0 Å². The second-order valence-corrected chi connectivity index (χ2v) is 6.79. The lowest BCUT2D eigenvalue weighted by Gasteiger charge is -2.24. The lowest BCUT2D eigenvalue weighted by molar-refractivity contribution is 0.0246. The van der Waals surface area contributed by atoms with E-state index in [-0.39, 0.29) is 0 Å². The van der Waals surface area contributed by atoms with Gasteiger partial charge in [-0.3, -0.25) is 0 Å². The molecule has 0 unspecified atom stereocenters. The van der Waals surface area contributed by atoms with Gasteiger partial charge < -0.3 is 5.11 Å². The van der Waals surface area contributed by atoms with Crippen LogP contribution in [0.15, 0.2) is 21.3 Å². The summed E-state index contributed by atoms with van der Waals surface area (Å²) in [5, 5.41) is 12.3. The third-order valence-electron chi connectivity index (χ3n) is 3.40. The highest BCUT2D eigenvalue weighted by Crippen LogP contribution is 2.27. The van der Waals surface area contributed by atoms with Crippen LogP contribution in [-0.4, -0.2) is 10.7 Å². The van der Waals surface area contributed by atoms with Crippen molar-refractivity contribution < 1.29 is 5.11 Å². The van der Waals surface area contributed by atoms with Gasteiger partial charge in [-0.25, -0.2) is 0 Å². The van der Waals surface area contributed by atoms with Crippen molar-refractivity contribution >= 4 is 32.8 Å². The van der Waals surface area contributed by atoms with Gasteiger partial charge in [0.2, 0.25) is 0 Å². The number of hydrogen-bond acceptors (Lipinski definition) is 2. The molecule has 0 saturated heterocycles. The van der Waals surface area contributed by atoms with Crippen LogP contribution < -0.4 is 0 Å². The topological polar surface area (TPSA) is 20.2 Å². The van der Waals surface area contributed by atoms with Gasteiger partial charge in [-0.15, -0.1) is 11.3 Å². The molecule has 0 fully saturated rings. The zero-order valence-corrected chi connectivity index (χ0v) is 13.2. The summed E-state index contributed by atoms with van der Waals surface area (Å²) in [5.41, 5.74) is 2.09. The molecule has 1 aromatic heterocycles. The van der Waals surface area contributed by atoms with Gasteiger partial charge in [0, 0.05) is 0 Å². The van der Waals surface area contributed by atoms with Crippen molar-refractivity contribution in [3.63, 3.8) is 0 Å². The Bertz CT molecular complexity index is 377. The fraction of sp³-hybridized carbons (Fsp3) is 0.571. The average molecular weight is 317 g/mol. The highest BCUT2D eigenvalue weighted by atomic mass is 79.9. The number of rotatable bonds is 6. The van der Waals surface area contributed by atoms with Crippen molar-refractivity contribution in [1.82, 2.24) is 0 Å². The molecule has 1 rings (SSSR count). The lowest BCUT2D eigenvalue weighted by Crippen LogP contribution is -2.25. The number of thiophene rings is 1. The van der Waals surface area contributed by atoms with Crippen molar-refractivity contribution in [3.05, 3.63) is 26.9 Å². The van der Waals surface area contributed by atoms with Crippen LogP contribution in [0, 0.1) is 0 Å². The maximum Gasteiger partial charge on any atom is 0.0704 e. The molecule has 1 nitrogen and oxygen atoms in total. The molecule has 0 saturated carbocycles. The molecular formula is C14H21BrOS. The van der Waals surface area contributed by atoms with Crippen molar-refractivity contribution in [1.29, 1.82) is 0 Å². The van der Waals surface area contributed by atoms with Gasteiger partial charge in [0.25, 0.3) is 0 Å². The molecule has 1 aromatic rings. The first-order valence-electron chi connectivity index (χ1n) is 6.14. The minimum Gasteiger partial charge on any atom is -0.390 e. The van der Waals surface area contributed by atoms with Crippen molar-refractivity contribution in [2.24, 2.45) is 0 Å². The molecule has 0 spiro atoms. The minimum atomic E-state index is -0.480. The standard InChI is InChI=1S/C14H21BrOS/c1-4-14(16,5-2)8-6-7-11(3)12-9-13(15)17-10-12/h7,9-10,16H,4-6,8H2,1-3H3/b11-7-. The van der Waals surface area contributed by atoms with Crippen LogP contribution in [0.1, 0.15) is 52.0 Å². The normalized spacial score (nSPS) is 13.1. The van der Waals surface area contributed by atoms with E-state index in [0.717, 1.165) is 25.7 Å². The van der Waals surface area contributed by atoms with Crippen LogP contribution in [0.25, 0.3) is 5.57 Å². The average Bonchev–Trinajstić information content (AvgIpc) is 2.75. The van der Waals surface area contributed by atoms with E-state index < -0.39 is 5.60 Å². The Morgan fingerprint density at radius 3 is 2.59 bits per heavy atom. The first kappa shape index (κ1) is 14.9. The maximum absolute atomic E-state index is 10.2. The van der Waals surface area contributed by atoms with Gasteiger partial charge in [-0.05, 0) is 71.1 Å². The zero-order chi connectivity index (χ0) is 12.9. The first-order valence-corrected chi connectivity index (χ1v) is 7.81. The Morgan fingerprint density at radius 1 is 1.47 bits per heavy atom. The van der Waals surface area contributed by atoms with E-state index >= 15 is 0 Å². The van der Waals surface area contributed by atoms with Crippen molar-refractivity contribution in [2.75, 3.05) is 0 Å². The fourth-order valence-electron chi connectivity index (χ4n) is 1.80. The van der Waals surface area contributed by atoms with Crippen LogP contribution in [0.2, 0.25) is 0 Å². The second-order valence-electron chi connectivity index (χ2n) is 4.50.